The van der Waals surface area contributed by atoms with Crippen LogP contribution >= 0.6 is 27.5 Å². The van der Waals surface area contributed by atoms with Gasteiger partial charge >= 0.3 is 12.0 Å². The third-order valence-electron chi connectivity index (χ3n) is 4.69. The molecule has 1 N–H and O–H groups in total. The van der Waals surface area contributed by atoms with Crippen LogP contribution in [0.1, 0.15) is 12.5 Å². The highest BCUT2D eigenvalue weighted by molar-refractivity contribution is 9.10. The molecule has 0 unspecified atom stereocenters. The molecular weight excluding hydrogens is 536 g/mol. The fourth-order valence-corrected chi connectivity index (χ4v) is 4.21. The molecule has 4 amide bonds. The van der Waals surface area contributed by atoms with Crippen molar-refractivity contribution < 1.29 is 38.1 Å². The fourth-order valence-electron chi connectivity index (χ4n) is 3.22. The summed E-state index contributed by atoms with van der Waals surface area (Å²) in [6.45, 7) is 1.57. The van der Waals surface area contributed by atoms with Gasteiger partial charge in [-0.05, 0) is 58.8 Å². The lowest BCUT2D eigenvalue weighted by Crippen LogP contribution is -2.54. The van der Waals surface area contributed by atoms with E-state index in [-0.39, 0.29) is 42.0 Å². The molecule has 2 aliphatic rings. The largest absolute Gasteiger partial charge is 0.479 e. The first-order chi connectivity index (χ1) is 16.3. The Bertz CT molecular complexity index is 1220. The van der Waals surface area contributed by atoms with Crippen molar-refractivity contribution in [1.29, 1.82) is 0 Å². The molecule has 0 bridgehead atoms. The molecule has 0 atom stereocenters. The molecule has 2 aliphatic heterocycles. The van der Waals surface area contributed by atoms with E-state index in [0.29, 0.717) is 21.5 Å². The van der Waals surface area contributed by atoms with Gasteiger partial charge in [-0.15, -0.1) is 0 Å². The van der Waals surface area contributed by atoms with Crippen molar-refractivity contribution >= 4 is 63.1 Å². The van der Waals surface area contributed by atoms with E-state index in [2.05, 4.69) is 21.2 Å². The molecule has 2 aromatic carbocycles. The van der Waals surface area contributed by atoms with Crippen molar-refractivity contribution in [2.45, 2.75) is 6.92 Å². The molecule has 2 aromatic rings. The predicted octanol–water partition coefficient (Wildman–Crippen LogP) is 3.44. The van der Waals surface area contributed by atoms with Gasteiger partial charge in [0, 0.05) is 6.07 Å². The Balaban J connectivity index is 1.61. The van der Waals surface area contributed by atoms with E-state index in [1.807, 2.05) is 0 Å². The van der Waals surface area contributed by atoms with Gasteiger partial charge < -0.3 is 18.9 Å². The van der Waals surface area contributed by atoms with Gasteiger partial charge in [-0.2, -0.15) is 0 Å². The van der Waals surface area contributed by atoms with E-state index < -0.39 is 23.8 Å². The number of anilines is 1. The lowest BCUT2D eigenvalue weighted by molar-refractivity contribution is -0.145. The number of benzene rings is 2. The van der Waals surface area contributed by atoms with Gasteiger partial charge in [0.1, 0.15) is 5.57 Å². The number of hydrogen-bond donors (Lipinski definition) is 1. The van der Waals surface area contributed by atoms with Gasteiger partial charge in [-0.25, -0.2) is 14.5 Å². The number of carbonyl (C=O) groups is 4. The van der Waals surface area contributed by atoms with Crippen LogP contribution in [0, 0.1) is 0 Å². The summed E-state index contributed by atoms with van der Waals surface area (Å²) in [4.78, 5) is 50.3. The van der Waals surface area contributed by atoms with Crippen LogP contribution < -0.4 is 24.4 Å². The highest BCUT2D eigenvalue weighted by Gasteiger charge is 2.37. The summed E-state index contributed by atoms with van der Waals surface area (Å²) in [6, 6.07) is 6.62. The number of carbonyl (C=O) groups excluding carboxylic acids is 4. The van der Waals surface area contributed by atoms with Crippen LogP contribution in [0.4, 0.5) is 10.5 Å². The summed E-state index contributed by atoms with van der Waals surface area (Å²) < 4.78 is 21.1. The minimum atomic E-state index is -0.895. The number of nitrogens with one attached hydrogen (secondary N) is 1. The smallest absolute Gasteiger partial charge is 0.344 e. The van der Waals surface area contributed by atoms with Crippen molar-refractivity contribution in [2.75, 3.05) is 24.9 Å². The molecule has 4 rings (SSSR count). The van der Waals surface area contributed by atoms with Gasteiger partial charge in [0.25, 0.3) is 11.8 Å². The van der Waals surface area contributed by atoms with E-state index in [0.717, 1.165) is 4.90 Å². The third kappa shape index (κ3) is 4.70. The molecule has 0 saturated carbocycles. The summed E-state index contributed by atoms with van der Waals surface area (Å²) in [5.41, 5.74) is 0.284. The van der Waals surface area contributed by atoms with E-state index in [4.69, 9.17) is 30.5 Å². The molecule has 0 spiro atoms. The van der Waals surface area contributed by atoms with Crippen molar-refractivity contribution in [1.82, 2.24) is 5.32 Å². The summed E-state index contributed by atoms with van der Waals surface area (Å²) in [5.74, 6) is -1.22. The summed E-state index contributed by atoms with van der Waals surface area (Å²) in [6.07, 6.45) is 1.29. The average molecular weight is 552 g/mol. The van der Waals surface area contributed by atoms with Crippen LogP contribution in [0.3, 0.4) is 0 Å². The first-order valence-corrected chi connectivity index (χ1v) is 11.0. The van der Waals surface area contributed by atoms with Crippen LogP contribution in [-0.2, 0) is 19.1 Å². The molecule has 1 saturated heterocycles. The van der Waals surface area contributed by atoms with Gasteiger partial charge in [-0.3, -0.25) is 14.9 Å². The van der Waals surface area contributed by atoms with Gasteiger partial charge in [0.15, 0.2) is 23.9 Å². The monoisotopic (exact) mass is 550 g/mol. The Kier molecular flexibility index (Phi) is 6.75. The first kappa shape index (κ1) is 23.6. The van der Waals surface area contributed by atoms with Crippen molar-refractivity contribution in [3.8, 4) is 17.2 Å². The zero-order valence-electron chi connectivity index (χ0n) is 17.6. The fraction of sp³-hybridized carbons (Fsp3) is 0.182. The highest BCUT2D eigenvalue weighted by Crippen LogP contribution is 2.37. The van der Waals surface area contributed by atoms with Gasteiger partial charge in [-0.1, -0.05) is 11.6 Å². The second-order valence-electron chi connectivity index (χ2n) is 6.90. The zero-order valence-corrected chi connectivity index (χ0v) is 19.9. The Morgan fingerprint density at radius 3 is 2.71 bits per heavy atom. The third-order valence-corrected chi connectivity index (χ3v) is 5.56. The van der Waals surface area contributed by atoms with E-state index >= 15 is 0 Å². The second-order valence-corrected chi connectivity index (χ2v) is 8.16. The molecule has 12 heteroatoms. The normalized spacial score (nSPS) is 16.0. The number of halogens is 2. The highest BCUT2D eigenvalue weighted by atomic mass is 79.9. The summed E-state index contributed by atoms with van der Waals surface area (Å²) in [5, 5.41) is 2.27. The summed E-state index contributed by atoms with van der Waals surface area (Å²) in [7, 11) is 0. The molecule has 34 heavy (non-hydrogen) atoms. The number of hydrogen-bond acceptors (Lipinski definition) is 8. The Labute approximate surface area is 206 Å². The quantitative estimate of drug-likeness (QED) is 0.329. The summed E-state index contributed by atoms with van der Waals surface area (Å²) >= 11 is 9.58. The molecular formula is C22H16BrClN2O8. The number of nitrogens with zero attached hydrogens (tertiary/aromatic N) is 1. The molecule has 0 radical (unpaired) electrons. The Morgan fingerprint density at radius 1 is 1.21 bits per heavy atom. The number of amides is 4. The van der Waals surface area contributed by atoms with Crippen molar-refractivity contribution in [3.63, 3.8) is 0 Å². The minimum Gasteiger partial charge on any atom is -0.479 e. The van der Waals surface area contributed by atoms with E-state index in [1.165, 1.54) is 24.3 Å². The molecule has 176 valence electrons. The van der Waals surface area contributed by atoms with E-state index in [1.54, 1.807) is 19.1 Å². The maximum absolute atomic E-state index is 13.1. The minimum absolute atomic E-state index is 0.0255. The van der Waals surface area contributed by atoms with Crippen LogP contribution in [0.5, 0.6) is 17.2 Å². The maximum Gasteiger partial charge on any atom is 0.344 e. The van der Waals surface area contributed by atoms with Gasteiger partial charge in [0.05, 0.1) is 21.8 Å². The number of ether oxygens (including phenoxy) is 4. The number of esters is 1. The lowest BCUT2D eigenvalue weighted by atomic mass is 10.1. The Morgan fingerprint density at radius 2 is 1.97 bits per heavy atom. The number of imide groups is 2. The second kappa shape index (κ2) is 9.74. The standard InChI is InChI=1S/C22H16BrClN2O8/c1-2-31-18(27)9-32-19-14(23)6-11(7-15(19)24)5-13-20(28)25-22(30)26(21(13)29)12-3-4-16-17(8-12)34-10-33-16/h3-8H,2,9-10H2,1H3,(H,25,28,30)/b13-5+. The Hall–Kier alpha value is -3.57. The SMILES string of the molecule is CCOC(=O)COc1c(Cl)cc(/C=C2\C(=O)NC(=O)N(c3ccc4c(c3)OCO4)C2=O)cc1Br. The van der Waals surface area contributed by atoms with Crippen molar-refractivity contribution in [2.24, 2.45) is 0 Å². The molecule has 0 aliphatic carbocycles. The molecule has 1 fully saturated rings. The predicted molar refractivity (Wildman–Crippen MR) is 123 cm³/mol. The number of fused-ring (bicyclic) bond motifs is 1. The van der Waals surface area contributed by atoms with Crippen LogP contribution in [0.25, 0.3) is 6.08 Å². The van der Waals surface area contributed by atoms with Crippen molar-refractivity contribution in [3.05, 3.63) is 51.0 Å². The lowest BCUT2D eigenvalue weighted by Gasteiger charge is -2.26. The topological polar surface area (TPSA) is 120 Å². The molecule has 10 nitrogen and oxygen atoms in total. The molecule has 2 heterocycles. The van der Waals surface area contributed by atoms with Crippen LogP contribution in [-0.4, -0.2) is 43.8 Å². The number of rotatable bonds is 6. The van der Waals surface area contributed by atoms with Crippen LogP contribution in [0.15, 0.2) is 40.4 Å². The number of urea groups is 1. The zero-order chi connectivity index (χ0) is 24.4. The van der Waals surface area contributed by atoms with Gasteiger partial charge in [0.2, 0.25) is 6.79 Å². The maximum atomic E-state index is 13.1. The van der Waals surface area contributed by atoms with E-state index in [9.17, 15) is 19.2 Å². The number of barbiturate groups is 1. The molecule has 0 aromatic heterocycles. The first-order valence-electron chi connectivity index (χ1n) is 9.87. The van der Waals surface area contributed by atoms with Crippen LogP contribution in [0.2, 0.25) is 5.02 Å². The average Bonchev–Trinajstić information content (AvgIpc) is 3.24.